The van der Waals surface area contributed by atoms with Crippen molar-refractivity contribution in [3.8, 4) is 22.3 Å². The van der Waals surface area contributed by atoms with E-state index in [0.29, 0.717) is 0 Å². The molecule has 0 aromatic heterocycles. The van der Waals surface area contributed by atoms with E-state index in [4.69, 9.17) is 19.2 Å². The molecule has 0 saturated heterocycles. The number of rotatable bonds is 3. The van der Waals surface area contributed by atoms with Crippen molar-refractivity contribution >= 4 is 24.0 Å². The maximum Gasteiger partial charge on any atom is 0.0629 e. The third-order valence-electron chi connectivity index (χ3n) is 5.84. The Morgan fingerprint density at radius 3 is 1.67 bits per heavy atom. The monoisotopic (exact) mass is 514 g/mol. The zero-order chi connectivity index (χ0) is 50.7. The lowest BCUT2D eigenvalue weighted by molar-refractivity contribution is 0.679. The van der Waals surface area contributed by atoms with Crippen LogP contribution >= 0.6 is 7.92 Å². The van der Waals surface area contributed by atoms with Crippen molar-refractivity contribution in [2.24, 2.45) is 0 Å². The summed E-state index contributed by atoms with van der Waals surface area (Å²) in [6.07, 6.45) is 0. The second-order valence-corrected chi connectivity index (χ2v) is 10.4. The molecule has 1 unspecified atom stereocenters. The molecule has 5 aromatic rings. The fourth-order valence-electron chi connectivity index (χ4n) is 4.31. The van der Waals surface area contributed by atoms with Crippen LogP contribution in [0.5, 0.6) is 0 Å². The van der Waals surface area contributed by atoms with E-state index in [1.807, 2.05) is 0 Å². The first-order chi connectivity index (χ1) is 29.8. The molecule has 1 aliphatic heterocycles. The summed E-state index contributed by atoms with van der Waals surface area (Å²) < 4.78 is 272. The van der Waals surface area contributed by atoms with Crippen molar-refractivity contribution in [2.45, 2.75) is 44.6 Å². The average molecular weight is 515 g/mol. The van der Waals surface area contributed by atoms with Crippen LogP contribution in [0, 0.1) is 6.92 Å². The van der Waals surface area contributed by atoms with Gasteiger partial charge in [-0.1, -0.05) is 144 Å². The molecule has 0 saturated carbocycles. The quantitative estimate of drug-likeness (QED) is 0.210. The Morgan fingerprint density at radius 2 is 1.11 bits per heavy atom. The Morgan fingerprint density at radius 1 is 0.583 bits per heavy atom. The highest BCUT2D eigenvalue weighted by Crippen LogP contribution is 2.72. The van der Waals surface area contributed by atoms with E-state index in [1.165, 1.54) is 0 Å². The van der Waals surface area contributed by atoms with Gasteiger partial charge < -0.3 is 0 Å². The van der Waals surface area contributed by atoms with Crippen LogP contribution < -0.4 is 5.30 Å². The zero-order valence-corrected chi connectivity index (χ0v) is 19.3. The van der Waals surface area contributed by atoms with Crippen molar-refractivity contribution in [1.29, 1.82) is 0 Å². The molecule has 0 amide bonds. The molecule has 0 fully saturated rings. The van der Waals surface area contributed by atoms with Crippen molar-refractivity contribution in [3.05, 3.63) is 125 Å². The first-order valence-corrected chi connectivity index (χ1v) is 11.8. The fraction of sp³-hybridized carbons (Fsp3) is 0.200. The maximum atomic E-state index is 9.41. The molecule has 6 rings (SSSR count). The van der Waals surface area contributed by atoms with E-state index < -0.39 is 209 Å². The van der Waals surface area contributed by atoms with Crippen LogP contribution in [0.1, 0.15) is 85.2 Å². The van der Waals surface area contributed by atoms with Crippen LogP contribution in [0.2, 0.25) is 0 Å². The molecule has 0 bridgehead atoms. The summed E-state index contributed by atoms with van der Waals surface area (Å²) >= 11 is 0. The molecule has 0 N–H and O–H groups in total. The first-order valence-electron chi connectivity index (χ1n) is 25.4. The highest BCUT2D eigenvalue weighted by Gasteiger charge is 2.49. The van der Waals surface area contributed by atoms with Gasteiger partial charge in [0.05, 0.1) is 24.7 Å². The van der Waals surface area contributed by atoms with Crippen LogP contribution in [-0.2, 0) is 10.3 Å². The van der Waals surface area contributed by atoms with E-state index in [-0.39, 0.29) is 0 Å². The molecule has 1 heteroatoms. The molecule has 0 spiro atoms. The van der Waals surface area contributed by atoms with Crippen LogP contribution in [0.3, 0.4) is 0 Å². The summed E-state index contributed by atoms with van der Waals surface area (Å²) in [7, 11) is -4.95. The third-order valence-corrected chi connectivity index (χ3v) is 8.52. The van der Waals surface area contributed by atoms with Crippen molar-refractivity contribution in [1.82, 2.24) is 0 Å². The molecule has 0 aliphatic carbocycles. The van der Waals surface area contributed by atoms with Gasteiger partial charge in [0.1, 0.15) is 0 Å². The van der Waals surface area contributed by atoms with Crippen molar-refractivity contribution in [2.75, 3.05) is 0 Å². The SMILES string of the molecule is [2H]c1c([2H])c([2H])c(-c2c([2H])c([2H])c([2H])c(-c3c([2H])c([2H])c([2H])c([2H])c3[2H])c2P2C(C([2H])([2H])[2H])(C([2H])([2H])[2H])c3c([2H])c([2H])c([2H])c4c(C)c([2H])c([2H])c(c34)C2(C([2H])([2H])[2H])C([2H])([2H])[2H])c([2H])c1[2H]. The van der Waals surface area contributed by atoms with Crippen molar-refractivity contribution in [3.63, 3.8) is 0 Å². The highest BCUT2D eigenvalue weighted by molar-refractivity contribution is 7.68. The standard InChI is InChI=1S/C35H33P/c1-24-22-23-31-32-27(24)18-13-21-30(32)34(2,3)36(35(31,4)5)33-28(25-14-8-6-9-15-25)19-12-20-29(33)26-16-10-7-11-17-26/h6-23H,1-5H3/i2D3,3D3,4D3,5D3,6D,7D,8D,9D,10D,11D,12D,13D,14D,15D,16D,17D,18D,19D,20D,21D,22D,23D. The Bertz CT molecular complexity index is 2690. The normalized spacial score (nSPS) is 31.1. The lowest BCUT2D eigenvalue weighted by Crippen LogP contribution is -2.37. The fourth-order valence-corrected chi connectivity index (χ4v) is 7.05. The van der Waals surface area contributed by atoms with Gasteiger partial charge in [0.2, 0.25) is 0 Å². The average Bonchev–Trinajstić information content (AvgIpc) is 3.19. The van der Waals surface area contributed by atoms with Gasteiger partial charge in [0, 0.05) is 26.8 Å². The van der Waals surface area contributed by atoms with Gasteiger partial charge in [-0.3, -0.25) is 0 Å². The molecular weight excluding hydrogens is 451 g/mol. The molecular formula is C35H33P. The van der Waals surface area contributed by atoms with Gasteiger partial charge in [-0.2, -0.15) is 0 Å². The number of aryl methyl sites for hydroxylation is 1. The molecule has 0 nitrogen and oxygen atoms in total. The largest absolute Gasteiger partial charge is 0.0629 e. The van der Waals surface area contributed by atoms with E-state index in [0.717, 1.165) is 6.92 Å². The summed E-state index contributed by atoms with van der Waals surface area (Å²) in [6, 6.07) is -22.8. The topological polar surface area (TPSA) is 0 Å². The van der Waals surface area contributed by atoms with Crippen molar-refractivity contribution < 1.29 is 41.1 Å². The molecule has 5 aromatic carbocycles. The summed E-state index contributed by atoms with van der Waals surface area (Å²) in [5.41, 5.74) is -8.62. The number of benzene rings is 5. The van der Waals surface area contributed by atoms with Gasteiger partial charge in [0.15, 0.2) is 0 Å². The van der Waals surface area contributed by atoms with E-state index in [1.54, 1.807) is 0 Å². The summed E-state index contributed by atoms with van der Waals surface area (Å²) in [4.78, 5) is 0. The number of hydrogen-bond acceptors (Lipinski definition) is 0. The van der Waals surface area contributed by atoms with Crippen LogP contribution in [-0.4, -0.2) is 0 Å². The summed E-state index contributed by atoms with van der Waals surface area (Å²) in [5, 5.41) is -12.1. The Labute approximate surface area is 258 Å². The molecule has 1 heterocycles. The van der Waals surface area contributed by atoms with Gasteiger partial charge >= 0.3 is 0 Å². The Balaban J connectivity index is 2.30. The van der Waals surface area contributed by atoms with Gasteiger partial charge in [0.25, 0.3) is 0 Å². The predicted octanol–water partition coefficient (Wildman–Crippen LogP) is 9.77. The molecule has 36 heavy (non-hydrogen) atoms. The summed E-state index contributed by atoms with van der Waals surface area (Å²) in [5.74, 6) is 0. The lowest BCUT2D eigenvalue weighted by atomic mass is 9.85. The molecule has 178 valence electrons. The lowest BCUT2D eigenvalue weighted by Gasteiger charge is -2.52. The minimum absolute atomic E-state index is 0.486. The Hall–Kier alpha value is -3.21. The second kappa shape index (κ2) is 8.43. The maximum absolute atomic E-state index is 9.41. The predicted molar refractivity (Wildman–Crippen MR) is 159 cm³/mol. The molecule has 0 radical (unpaired) electrons. The Kier molecular flexibility index (Phi) is 1.69. The molecule has 1 aliphatic rings. The van der Waals surface area contributed by atoms with E-state index in [2.05, 4.69) is 0 Å². The van der Waals surface area contributed by atoms with Crippen LogP contribution in [0.15, 0.2) is 109 Å². The number of hydrogen-bond donors (Lipinski definition) is 0. The first kappa shape index (κ1) is 7.21. The second-order valence-electron chi connectivity index (χ2n) is 7.98. The molecule has 1 atom stereocenters. The minimum Gasteiger partial charge on any atom is -0.0622 e. The van der Waals surface area contributed by atoms with Gasteiger partial charge in [-0.15, -0.1) is 0 Å². The smallest absolute Gasteiger partial charge is 0.0622 e. The third kappa shape index (κ3) is 3.39. The summed E-state index contributed by atoms with van der Waals surface area (Å²) in [6.45, 7) is -16.7. The van der Waals surface area contributed by atoms with Gasteiger partial charge in [-0.05, 0) is 61.9 Å². The minimum atomic E-state index is -4.95. The van der Waals surface area contributed by atoms with Crippen LogP contribution in [0.25, 0.3) is 33.0 Å². The van der Waals surface area contributed by atoms with Crippen LogP contribution in [0.4, 0.5) is 0 Å². The van der Waals surface area contributed by atoms with E-state index in [9.17, 15) is 21.9 Å². The highest BCUT2D eigenvalue weighted by atomic mass is 31.1. The van der Waals surface area contributed by atoms with Gasteiger partial charge in [-0.25, -0.2) is 0 Å². The van der Waals surface area contributed by atoms with E-state index >= 15 is 0 Å². The zero-order valence-electron chi connectivity index (χ0n) is 48.4.